The van der Waals surface area contributed by atoms with Gasteiger partial charge in [0.2, 0.25) is 0 Å². The number of carbonyl (C=O) groups excluding carboxylic acids is 2. The third-order valence-electron chi connectivity index (χ3n) is 4.65. The summed E-state index contributed by atoms with van der Waals surface area (Å²) in [6.45, 7) is -0.143. The Morgan fingerprint density at radius 2 is 1.88 bits per heavy atom. The highest BCUT2D eigenvalue weighted by Gasteiger charge is 2.38. The number of alkyl halides is 3. The zero-order valence-corrected chi connectivity index (χ0v) is 18.4. The monoisotopic (exact) mass is 494 g/mol. The molecule has 0 aromatic heterocycles. The predicted molar refractivity (Wildman–Crippen MR) is 119 cm³/mol. The molecule has 0 radical (unpaired) electrons. The Morgan fingerprint density at radius 3 is 2.44 bits per heavy atom. The van der Waals surface area contributed by atoms with Crippen molar-refractivity contribution in [1.29, 1.82) is 0 Å². The molecule has 3 rings (SSSR count). The summed E-state index contributed by atoms with van der Waals surface area (Å²) in [5, 5.41) is 8.46. The first-order chi connectivity index (χ1) is 16.1. The number of amides is 3. The van der Waals surface area contributed by atoms with Crippen LogP contribution in [-0.4, -0.2) is 60.3 Å². The molecule has 178 valence electrons. The second-order valence-electron chi connectivity index (χ2n) is 6.89. The number of nitrogens with zero attached hydrogens (tertiary/aromatic N) is 3. The predicted octanol–water partition coefficient (Wildman–Crippen LogP) is 4.56. The first kappa shape index (κ1) is 24.7. The van der Waals surface area contributed by atoms with E-state index in [2.05, 4.69) is 21.1 Å². The Labute approximate surface area is 197 Å². The summed E-state index contributed by atoms with van der Waals surface area (Å²) in [5.74, 6) is 1.95. The molecule has 1 unspecified atom stereocenters. The lowest BCUT2D eigenvalue weighted by atomic mass is 10.0. The highest BCUT2D eigenvalue weighted by molar-refractivity contribution is 6.30. The number of terminal acetylenes is 1. The van der Waals surface area contributed by atoms with Crippen LogP contribution in [0.4, 0.5) is 28.4 Å². The topological polar surface area (TPSA) is 83.5 Å². The second-order valence-corrected chi connectivity index (χ2v) is 7.33. The summed E-state index contributed by atoms with van der Waals surface area (Å²) in [4.78, 5) is 26.4. The number of ether oxygens (including phenoxy) is 2. The summed E-state index contributed by atoms with van der Waals surface area (Å²) in [5.41, 5.74) is 1.19. The minimum Gasteiger partial charge on any atom is -0.453 e. The quantitative estimate of drug-likeness (QED) is 0.618. The van der Waals surface area contributed by atoms with E-state index in [1.807, 2.05) is 0 Å². The molecule has 1 atom stereocenters. The van der Waals surface area contributed by atoms with Crippen LogP contribution in [0.1, 0.15) is 5.56 Å². The Hall–Kier alpha value is -3.91. The number of methoxy groups -OCH3 is 1. The van der Waals surface area contributed by atoms with Gasteiger partial charge in [-0.1, -0.05) is 29.7 Å². The minimum absolute atomic E-state index is 0.0458. The molecule has 3 amide bonds. The molecule has 1 aliphatic heterocycles. The van der Waals surface area contributed by atoms with Gasteiger partial charge in [-0.3, -0.25) is 4.90 Å². The van der Waals surface area contributed by atoms with Gasteiger partial charge in [0.25, 0.3) is 0 Å². The van der Waals surface area contributed by atoms with Crippen LogP contribution in [0.3, 0.4) is 0 Å². The maximum absolute atomic E-state index is 12.8. The van der Waals surface area contributed by atoms with E-state index in [9.17, 15) is 22.8 Å². The highest BCUT2D eigenvalue weighted by Crippen LogP contribution is 2.25. The summed E-state index contributed by atoms with van der Waals surface area (Å²) in [6, 6.07) is 9.84. The van der Waals surface area contributed by atoms with Crippen LogP contribution in [0.2, 0.25) is 5.02 Å². The van der Waals surface area contributed by atoms with E-state index in [1.165, 1.54) is 24.1 Å². The van der Waals surface area contributed by atoms with Gasteiger partial charge in [0.05, 0.1) is 25.9 Å². The van der Waals surface area contributed by atoms with Crippen LogP contribution in [-0.2, 0) is 4.74 Å². The molecule has 0 saturated carbocycles. The van der Waals surface area contributed by atoms with E-state index in [4.69, 9.17) is 22.8 Å². The third kappa shape index (κ3) is 6.11. The van der Waals surface area contributed by atoms with Crippen LogP contribution < -0.4 is 10.1 Å². The van der Waals surface area contributed by atoms with E-state index in [0.717, 1.165) is 17.1 Å². The van der Waals surface area contributed by atoms with Crippen LogP contribution in [0, 0.1) is 12.3 Å². The summed E-state index contributed by atoms with van der Waals surface area (Å²) < 4.78 is 45.6. The SMILES string of the molecule is C#CCN(C(=O)OC)C1CN(C(=O)Nc2ccc(OC(F)(F)F)cc2)N=C1c1ccc(Cl)cc1. The van der Waals surface area contributed by atoms with E-state index < -0.39 is 30.3 Å². The number of nitrogens with one attached hydrogen (secondary N) is 1. The lowest BCUT2D eigenvalue weighted by Crippen LogP contribution is -2.47. The molecule has 2 aromatic rings. The maximum Gasteiger partial charge on any atom is 0.573 e. The van der Waals surface area contributed by atoms with Crippen LogP contribution in [0.25, 0.3) is 0 Å². The van der Waals surface area contributed by atoms with E-state index >= 15 is 0 Å². The number of anilines is 1. The minimum atomic E-state index is -4.83. The number of rotatable bonds is 5. The van der Waals surface area contributed by atoms with E-state index in [1.54, 1.807) is 24.3 Å². The van der Waals surface area contributed by atoms with Gasteiger partial charge in [0, 0.05) is 16.3 Å². The van der Waals surface area contributed by atoms with Crippen molar-refractivity contribution < 1.29 is 32.2 Å². The molecule has 1 N–H and O–H groups in total. The molecule has 0 aliphatic carbocycles. The fourth-order valence-electron chi connectivity index (χ4n) is 3.18. The first-order valence-corrected chi connectivity index (χ1v) is 10.1. The van der Waals surface area contributed by atoms with Gasteiger partial charge in [-0.2, -0.15) is 5.10 Å². The number of carbonyl (C=O) groups is 2. The van der Waals surface area contributed by atoms with E-state index in [-0.39, 0.29) is 18.8 Å². The second kappa shape index (κ2) is 10.4. The average Bonchev–Trinajstić information content (AvgIpc) is 3.23. The first-order valence-electron chi connectivity index (χ1n) is 9.68. The standard InChI is InChI=1S/C22H18ClF3N4O4/c1-3-12-29(21(32)33-2)18-13-30(28-19(18)14-4-6-15(23)7-5-14)20(31)27-16-8-10-17(11-9-16)34-22(24,25)26/h1,4-11,18H,12-13H2,2H3,(H,27,31). The largest absolute Gasteiger partial charge is 0.573 e. The molecular formula is C22H18ClF3N4O4. The van der Waals surface area contributed by atoms with Crippen molar-refractivity contribution in [2.75, 3.05) is 25.5 Å². The van der Waals surface area contributed by atoms with Gasteiger partial charge >= 0.3 is 18.5 Å². The van der Waals surface area contributed by atoms with Gasteiger partial charge in [-0.25, -0.2) is 14.6 Å². The zero-order valence-electron chi connectivity index (χ0n) is 17.7. The van der Waals surface area contributed by atoms with Crippen molar-refractivity contribution in [1.82, 2.24) is 9.91 Å². The molecule has 12 heteroatoms. The maximum atomic E-state index is 12.8. The van der Waals surface area contributed by atoms with Gasteiger partial charge in [-0.05, 0) is 36.4 Å². The Morgan fingerprint density at radius 1 is 1.24 bits per heavy atom. The van der Waals surface area contributed by atoms with Crippen molar-refractivity contribution >= 4 is 35.1 Å². The van der Waals surface area contributed by atoms with Gasteiger partial charge in [0.1, 0.15) is 11.8 Å². The Kier molecular flexibility index (Phi) is 7.53. The van der Waals surface area contributed by atoms with Gasteiger partial charge in [0.15, 0.2) is 0 Å². The van der Waals surface area contributed by atoms with Crippen molar-refractivity contribution in [3.8, 4) is 18.1 Å². The molecule has 34 heavy (non-hydrogen) atoms. The fourth-order valence-corrected chi connectivity index (χ4v) is 3.30. The highest BCUT2D eigenvalue weighted by atomic mass is 35.5. The van der Waals surface area contributed by atoms with Crippen molar-refractivity contribution in [2.45, 2.75) is 12.4 Å². The van der Waals surface area contributed by atoms with Crippen LogP contribution >= 0.6 is 11.6 Å². The van der Waals surface area contributed by atoms with Crippen LogP contribution in [0.5, 0.6) is 5.75 Å². The lowest BCUT2D eigenvalue weighted by molar-refractivity contribution is -0.274. The van der Waals surface area contributed by atoms with Crippen LogP contribution in [0.15, 0.2) is 53.6 Å². The zero-order chi connectivity index (χ0) is 24.9. The molecule has 0 bridgehead atoms. The Balaban J connectivity index is 1.83. The fraction of sp³-hybridized carbons (Fsp3) is 0.227. The number of hydrogen-bond donors (Lipinski definition) is 1. The number of urea groups is 1. The molecular weight excluding hydrogens is 477 g/mol. The summed E-state index contributed by atoms with van der Waals surface area (Å²) in [6.07, 6.45) is -0.119. The normalized spacial score (nSPS) is 15.2. The molecule has 8 nitrogen and oxygen atoms in total. The summed E-state index contributed by atoms with van der Waals surface area (Å²) >= 11 is 5.96. The van der Waals surface area contributed by atoms with Gasteiger partial charge < -0.3 is 14.8 Å². The third-order valence-corrected chi connectivity index (χ3v) is 4.90. The molecule has 1 aliphatic rings. The average molecular weight is 495 g/mol. The summed E-state index contributed by atoms with van der Waals surface area (Å²) in [7, 11) is 1.20. The van der Waals surface area contributed by atoms with Crippen molar-refractivity contribution in [3.05, 3.63) is 59.1 Å². The van der Waals surface area contributed by atoms with Crippen molar-refractivity contribution in [2.24, 2.45) is 5.10 Å². The molecule has 0 fully saturated rings. The smallest absolute Gasteiger partial charge is 0.453 e. The molecule has 2 aromatic carbocycles. The molecule has 0 saturated heterocycles. The number of hydrazone groups is 1. The number of benzene rings is 2. The molecule has 0 spiro atoms. The van der Waals surface area contributed by atoms with Gasteiger partial charge in [-0.15, -0.1) is 19.6 Å². The Bertz CT molecular complexity index is 1110. The number of halogens is 4. The lowest BCUT2D eigenvalue weighted by Gasteiger charge is -2.26. The van der Waals surface area contributed by atoms with E-state index in [0.29, 0.717) is 16.3 Å². The van der Waals surface area contributed by atoms with Crippen molar-refractivity contribution in [3.63, 3.8) is 0 Å². The number of hydrogen-bond acceptors (Lipinski definition) is 5. The molecule has 1 heterocycles.